The second-order valence-electron chi connectivity index (χ2n) is 6.43. The zero-order chi connectivity index (χ0) is 15.9. The van der Waals surface area contributed by atoms with Crippen LogP contribution in [-0.4, -0.2) is 32.3 Å². The molecule has 1 amide bonds. The van der Waals surface area contributed by atoms with Crippen LogP contribution in [0, 0.1) is 0 Å². The number of carbonyl (C=O) groups is 1. The van der Waals surface area contributed by atoms with Crippen LogP contribution in [0.15, 0.2) is 21.6 Å². The lowest BCUT2D eigenvalue weighted by Gasteiger charge is -2.24. The van der Waals surface area contributed by atoms with Gasteiger partial charge >= 0.3 is 0 Å². The van der Waals surface area contributed by atoms with Gasteiger partial charge in [0.05, 0.1) is 18.9 Å². The van der Waals surface area contributed by atoms with Gasteiger partial charge in [-0.25, -0.2) is 4.98 Å². The molecule has 2 aromatic rings. The Bertz CT molecular complexity index is 770. The number of hydrogen-bond donors (Lipinski definition) is 1. The molecule has 7 heteroatoms. The molecule has 2 aromatic heterocycles. The average Bonchev–Trinajstić information content (AvgIpc) is 2.89. The van der Waals surface area contributed by atoms with Crippen LogP contribution in [0.3, 0.4) is 0 Å². The van der Waals surface area contributed by atoms with E-state index in [4.69, 9.17) is 4.42 Å². The summed E-state index contributed by atoms with van der Waals surface area (Å²) >= 11 is 0. The van der Waals surface area contributed by atoms with Crippen molar-refractivity contribution in [3.8, 4) is 0 Å². The van der Waals surface area contributed by atoms with Gasteiger partial charge in [-0.3, -0.25) is 14.6 Å². The summed E-state index contributed by atoms with van der Waals surface area (Å²) in [7, 11) is 0. The lowest BCUT2D eigenvalue weighted by atomic mass is 9.97. The summed E-state index contributed by atoms with van der Waals surface area (Å²) in [5.41, 5.74) is 0.423. The molecule has 1 aliphatic heterocycles. The molecule has 0 saturated heterocycles. The molecule has 0 spiro atoms. The summed E-state index contributed by atoms with van der Waals surface area (Å²) < 4.78 is 5.80. The molecule has 0 saturated carbocycles. The van der Waals surface area contributed by atoms with E-state index >= 15 is 0 Å². The Morgan fingerprint density at radius 3 is 2.82 bits per heavy atom. The molecular formula is C15H18N4O3. The van der Waals surface area contributed by atoms with Crippen LogP contribution in [0.5, 0.6) is 0 Å². The molecule has 0 aliphatic carbocycles. The van der Waals surface area contributed by atoms with Crippen molar-refractivity contribution in [2.75, 3.05) is 6.54 Å². The first-order chi connectivity index (χ1) is 10.3. The van der Waals surface area contributed by atoms with E-state index in [0.29, 0.717) is 25.4 Å². The third-order valence-corrected chi connectivity index (χ3v) is 3.54. The third-order valence-electron chi connectivity index (χ3n) is 3.54. The number of hydrogen-bond acceptors (Lipinski definition) is 5. The van der Waals surface area contributed by atoms with Crippen molar-refractivity contribution in [1.82, 2.24) is 19.9 Å². The van der Waals surface area contributed by atoms with Crippen LogP contribution in [0.2, 0.25) is 0 Å². The average molecular weight is 302 g/mol. The standard InChI is InChI=1S/C15H18N4O3/c1-15(2,3)14-18-10-8-19(5-4-11(10)22-14)13(21)9-6-16-7-12(20)17-9/h6-7H,4-5,8H2,1-3H3,(H,17,20). The predicted octanol–water partition coefficient (Wildman–Crippen LogP) is 1.25. The fraction of sp³-hybridized carbons (Fsp3) is 0.467. The van der Waals surface area contributed by atoms with E-state index in [9.17, 15) is 9.59 Å². The number of rotatable bonds is 1. The van der Waals surface area contributed by atoms with E-state index in [1.54, 1.807) is 4.90 Å². The lowest BCUT2D eigenvalue weighted by Crippen LogP contribution is -2.37. The van der Waals surface area contributed by atoms with Crippen LogP contribution < -0.4 is 5.56 Å². The fourth-order valence-electron chi connectivity index (χ4n) is 2.35. The van der Waals surface area contributed by atoms with Gasteiger partial charge in [-0.1, -0.05) is 20.8 Å². The van der Waals surface area contributed by atoms with E-state index in [0.717, 1.165) is 17.7 Å². The maximum absolute atomic E-state index is 12.4. The largest absolute Gasteiger partial charge is 0.445 e. The molecule has 0 radical (unpaired) electrons. The summed E-state index contributed by atoms with van der Waals surface area (Å²) in [4.78, 5) is 36.1. The van der Waals surface area contributed by atoms with Crippen molar-refractivity contribution < 1.29 is 9.21 Å². The summed E-state index contributed by atoms with van der Waals surface area (Å²) in [6, 6.07) is 0. The molecular weight excluding hydrogens is 284 g/mol. The Hall–Kier alpha value is -2.44. The Balaban J connectivity index is 1.84. The first-order valence-corrected chi connectivity index (χ1v) is 7.17. The molecule has 0 aromatic carbocycles. The maximum Gasteiger partial charge on any atom is 0.272 e. The van der Waals surface area contributed by atoms with Crippen molar-refractivity contribution in [3.63, 3.8) is 0 Å². The summed E-state index contributed by atoms with van der Waals surface area (Å²) in [5.74, 6) is 1.27. The molecule has 116 valence electrons. The number of aromatic amines is 1. The number of oxazole rings is 1. The minimum Gasteiger partial charge on any atom is -0.445 e. The van der Waals surface area contributed by atoms with Crippen molar-refractivity contribution >= 4 is 5.91 Å². The van der Waals surface area contributed by atoms with Crippen LogP contribution in [0.4, 0.5) is 0 Å². The van der Waals surface area contributed by atoms with Gasteiger partial charge in [0.1, 0.15) is 17.1 Å². The highest BCUT2D eigenvalue weighted by Gasteiger charge is 2.29. The Labute approximate surface area is 127 Å². The quantitative estimate of drug-likeness (QED) is 0.856. The highest BCUT2D eigenvalue weighted by molar-refractivity contribution is 5.92. The first-order valence-electron chi connectivity index (χ1n) is 7.17. The molecule has 22 heavy (non-hydrogen) atoms. The van der Waals surface area contributed by atoms with E-state index in [1.165, 1.54) is 6.20 Å². The van der Waals surface area contributed by atoms with Crippen LogP contribution in [0.25, 0.3) is 0 Å². The van der Waals surface area contributed by atoms with Gasteiger partial charge in [0.2, 0.25) is 0 Å². The molecule has 3 rings (SSSR count). The highest BCUT2D eigenvalue weighted by Crippen LogP contribution is 2.27. The molecule has 0 atom stereocenters. The predicted molar refractivity (Wildman–Crippen MR) is 78.5 cm³/mol. The van der Waals surface area contributed by atoms with Crippen LogP contribution in [-0.2, 0) is 18.4 Å². The Morgan fingerprint density at radius 2 is 2.14 bits per heavy atom. The summed E-state index contributed by atoms with van der Waals surface area (Å²) in [6.45, 7) is 7.01. The Kier molecular flexibility index (Phi) is 3.35. The number of nitrogens with one attached hydrogen (secondary N) is 1. The van der Waals surface area contributed by atoms with E-state index in [-0.39, 0.29) is 22.6 Å². The third kappa shape index (κ3) is 2.66. The fourth-order valence-corrected chi connectivity index (χ4v) is 2.35. The number of H-pyrrole nitrogens is 1. The van der Waals surface area contributed by atoms with E-state index < -0.39 is 0 Å². The molecule has 0 fully saturated rings. The normalized spacial score (nSPS) is 14.8. The molecule has 3 heterocycles. The molecule has 0 unspecified atom stereocenters. The topological polar surface area (TPSA) is 92.1 Å². The van der Waals surface area contributed by atoms with Crippen LogP contribution in [0.1, 0.15) is 48.6 Å². The second kappa shape index (κ2) is 5.08. The summed E-state index contributed by atoms with van der Waals surface area (Å²) in [5, 5.41) is 0. The number of nitrogens with zero attached hydrogens (tertiary/aromatic N) is 3. The minimum atomic E-state index is -0.389. The van der Waals surface area contributed by atoms with Gasteiger partial charge in [0.15, 0.2) is 5.89 Å². The SMILES string of the molecule is CC(C)(C)c1nc2c(o1)CCN(C(=O)c1cncc(=O)[nH]1)C2. The van der Waals surface area contributed by atoms with Gasteiger partial charge in [0, 0.05) is 18.4 Å². The van der Waals surface area contributed by atoms with E-state index in [1.807, 2.05) is 20.8 Å². The van der Waals surface area contributed by atoms with Crippen molar-refractivity contribution in [1.29, 1.82) is 0 Å². The Morgan fingerprint density at radius 1 is 1.36 bits per heavy atom. The highest BCUT2D eigenvalue weighted by atomic mass is 16.4. The second-order valence-corrected chi connectivity index (χ2v) is 6.43. The van der Waals surface area contributed by atoms with Crippen molar-refractivity contribution in [2.45, 2.75) is 39.2 Å². The molecule has 0 bridgehead atoms. The zero-order valence-corrected chi connectivity index (χ0v) is 12.8. The van der Waals surface area contributed by atoms with Gasteiger partial charge in [-0.05, 0) is 0 Å². The maximum atomic E-state index is 12.4. The smallest absolute Gasteiger partial charge is 0.272 e. The summed E-state index contributed by atoms with van der Waals surface area (Å²) in [6.07, 6.45) is 3.12. The molecule has 7 nitrogen and oxygen atoms in total. The number of amides is 1. The number of aromatic nitrogens is 3. The van der Waals surface area contributed by atoms with Gasteiger partial charge in [0.25, 0.3) is 11.5 Å². The first kappa shape index (κ1) is 14.5. The number of fused-ring (bicyclic) bond motifs is 1. The molecule has 1 aliphatic rings. The molecule has 1 N–H and O–H groups in total. The monoisotopic (exact) mass is 302 g/mol. The van der Waals surface area contributed by atoms with Gasteiger partial charge in [-0.2, -0.15) is 0 Å². The zero-order valence-electron chi connectivity index (χ0n) is 12.8. The van der Waals surface area contributed by atoms with Crippen molar-refractivity contribution in [2.24, 2.45) is 0 Å². The lowest BCUT2D eigenvalue weighted by molar-refractivity contribution is 0.0721. The van der Waals surface area contributed by atoms with Gasteiger partial charge in [-0.15, -0.1) is 0 Å². The van der Waals surface area contributed by atoms with E-state index in [2.05, 4.69) is 15.0 Å². The number of carbonyl (C=O) groups excluding carboxylic acids is 1. The van der Waals surface area contributed by atoms with Gasteiger partial charge < -0.3 is 14.3 Å². The van der Waals surface area contributed by atoms with Crippen molar-refractivity contribution in [3.05, 3.63) is 45.8 Å². The minimum absolute atomic E-state index is 0.166. The van der Waals surface area contributed by atoms with Crippen LogP contribution >= 0.6 is 0 Å².